The summed E-state index contributed by atoms with van der Waals surface area (Å²) in [4.78, 5) is 48.0. The highest BCUT2D eigenvalue weighted by Gasteiger charge is 2.24. The number of benzene rings is 3. The number of aliphatic hydroxyl groups is 1. The number of aliphatic hydroxyl groups excluding tert-OH is 1. The molecule has 0 aromatic heterocycles. The van der Waals surface area contributed by atoms with Crippen LogP contribution in [0, 0.1) is 11.6 Å². The van der Waals surface area contributed by atoms with Crippen LogP contribution in [0.3, 0.4) is 0 Å². The average Bonchev–Trinajstić information content (AvgIpc) is 2.88. The first-order valence-corrected chi connectivity index (χ1v) is 12.1. The van der Waals surface area contributed by atoms with E-state index in [9.17, 15) is 48.4 Å². The number of halogens is 2. The third-order valence-electron chi connectivity index (χ3n) is 6.42. The van der Waals surface area contributed by atoms with Crippen LogP contribution in [0.5, 0.6) is 5.75 Å². The quantitative estimate of drug-likeness (QED) is 0.167. The Morgan fingerprint density at radius 3 is 2.29 bits per heavy atom. The number of fused-ring (bicyclic) bond motifs is 2. The number of Topliss-reactive ketones (excluding diaryl/α,β-unsaturated/α-hetero) is 1. The van der Waals surface area contributed by atoms with Crippen LogP contribution in [-0.4, -0.2) is 63.9 Å². The normalized spacial score (nSPS) is 12.0. The lowest BCUT2D eigenvalue weighted by Gasteiger charge is -2.26. The Balaban J connectivity index is 2.00. The second-order valence-corrected chi connectivity index (χ2v) is 9.27. The average molecular weight is 571 g/mol. The third-order valence-corrected chi connectivity index (χ3v) is 6.42. The van der Waals surface area contributed by atoms with Crippen molar-refractivity contribution in [2.45, 2.75) is 19.5 Å². The van der Waals surface area contributed by atoms with Crippen LogP contribution in [0.1, 0.15) is 12.5 Å². The molecule has 0 saturated heterocycles. The first-order chi connectivity index (χ1) is 19.4. The molecular weight excluding hydrogens is 546 g/mol. The minimum Gasteiger partial charge on any atom is -0.505 e. The molecule has 41 heavy (non-hydrogen) atoms. The number of hydrogen-bond acceptors (Lipinski definition) is 9. The second-order valence-electron chi connectivity index (χ2n) is 9.27. The van der Waals surface area contributed by atoms with Crippen LogP contribution < -0.4 is 15.6 Å². The number of hydrogen-bond donors (Lipinski definition) is 5. The van der Waals surface area contributed by atoms with E-state index in [4.69, 9.17) is 4.42 Å². The Bertz CT molecular complexity index is 1690. The molecule has 0 radical (unpaired) electrons. The molecule has 0 bridgehead atoms. The van der Waals surface area contributed by atoms with Crippen LogP contribution in [0.25, 0.3) is 33.4 Å². The smallest absolute Gasteiger partial charge is 0.323 e. The number of nitrogens with one attached hydrogen (secondary N) is 1. The maximum absolute atomic E-state index is 14.5. The highest BCUT2D eigenvalue weighted by molar-refractivity contribution is 6.02. The number of aliphatic carboxylic acids is 2. The molecule has 4 rings (SSSR count). The fourth-order valence-corrected chi connectivity index (χ4v) is 4.53. The predicted molar refractivity (Wildman–Crippen MR) is 142 cm³/mol. The number of anilines is 1. The summed E-state index contributed by atoms with van der Waals surface area (Å²) in [6, 6.07) is 7.18. The summed E-state index contributed by atoms with van der Waals surface area (Å²) in [5.41, 5.74) is 0.0287. The Kier molecular flexibility index (Phi) is 8.31. The van der Waals surface area contributed by atoms with Gasteiger partial charge >= 0.3 is 11.9 Å². The van der Waals surface area contributed by atoms with Gasteiger partial charge in [0.05, 0.1) is 12.6 Å². The molecule has 0 fully saturated rings. The van der Waals surface area contributed by atoms with Gasteiger partial charge in [-0.25, -0.2) is 8.78 Å². The Labute approximate surface area is 230 Å². The van der Waals surface area contributed by atoms with E-state index in [0.29, 0.717) is 5.56 Å². The number of phenols is 1. The van der Waals surface area contributed by atoms with Crippen molar-refractivity contribution in [3.63, 3.8) is 0 Å². The minimum atomic E-state index is -1.31. The van der Waals surface area contributed by atoms with E-state index in [-0.39, 0.29) is 51.4 Å². The molecule has 214 valence electrons. The molecule has 0 amide bonds. The molecule has 0 saturated carbocycles. The summed E-state index contributed by atoms with van der Waals surface area (Å²) in [6.07, 6.45) is 0. The van der Waals surface area contributed by atoms with Crippen LogP contribution in [0.4, 0.5) is 14.5 Å². The van der Waals surface area contributed by atoms with E-state index >= 15 is 0 Å². The number of rotatable bonds is 11. The third kappa shape index (κ3) is 6.15. The first-order valence-electron chi connectivity index (χ1n) is 12.1. The SMILES string of the molecule is CC(=O)C(CO)NCc1cc(-c2c3cc(F)c(=O)cc-3oc3cc(O)c(F)cc23)ccc1N(CC(=O)O)CC(=O)O. The largest absolute Gasteiger partial charge is 0.505 e. The number of ketones is 1. The maximum atomic E-state index is 14.5. The zero-order chi connectivity index (χ0) is 30.0. The maximum Gasteiger partial charge on any atom is 0.323 e. The van der Waals surface area contributed by atoms with E-state index in [1.165, 1.54) is 25.1 Å². The predicted octanol–water partition coefficient (Wildman–Crippen LogP) is 2.56. The molecule has 1 aliphatic carbocycles. The number of nitrogens with zero attached hydrogens (tertiary/aromatic N) is 1. The molecule has 2 aromatic carbocycles. The lowest BCUT2D eigenvalue weighted by Crippen LogP contribution is -2.39. The topological polar surface area (TPSA) is 178 Å². The van der Waals surface area contributed by atoms with Crippen molar-refractivity contribution in [1.29, 1.82) is 0 Å². The van der Waals surface area contributed by atoms with Crippen molar-refractivity contribution in [1.82, 2.24) is 5.32 Å². The van der Waals surface area contributed by atoms with Gasteiger partial charge in [-0.2, -0.15) is 0 Å². The van der Waals surface area contributed by atoms with Crippen molar-refractivity contribution in [2.24, 2.45) is 0 Å². The summed E-state index contributed by atoms with van der Waals surface area (Å²) in [5.74, 6) is -5.92. The molecular formula is C28H24F2N2O9. The van der Waals surface area contributed by atoms with Gasteiger partial charge in [0.25, 0.3) is 0 Å². The number of aromatic hydroxyl groups is 1. The number of carbonyl (C=O) groups is 3. The lowest BCUT2D eigenvalue weighted by atomic mass is 9.92. The van der Waals surface area contributed by atoms with Crippen molar-refractivity contribution in [3.05, 3.63) is 69.9 Å². The zero-order valence-corrected chi connectivity index (χ0v) is 21.5. The molecule has 11 nitrogen and oxygen atoms in total. The van der Waals surface area contributed by atoms with Crippen molar-refractivity contribution >= 4 is 34.4 Å². The summed E-state index contributed by atoms with van der Waals surface area (Å²) in [6.45, 7) is -0.820. The van der Waals surface area contributed by atoms with Gasteiger partial charge in [-0.1, -0.05) is 6.07 Å². The molecule has 1 heterocycles. The summed E-state index contributed by atoms with van der Waals surface area (Å²) < 4.78 is 34.6. The van der Waals surface area contributed by atoms with Crippen LogP contribution in [0.2, 0.25) is 0 Å². The number of carbonyl (C=O) groups excluding carboxylic acids is 1. The Morgan fingerprint density at radius 2 is 1.68 bits per heavy atom. The van der Waals surface area contributed by atoms with Gasteiger partial charge in [-0.05, 0) is 42.3 Å². The summed E-state index contributed by atoms with van der Waals surface area (Å²) in [7, 11) is 0. The second kappa shape index (κ2) is 11.7. The minimum absolute atomic E-state index is 0.0311. The zero-order valence-electron chi connectivity index (χ0n) is 21.5. The van der Waals surface area contributed by atoms with Crippen molar-refractivity contribution in [2.75, 3.05) is 24.6 Å². The van der Waals surface area contributed by atoms with Crippen LogP contribution >= 0.6 is 0 Å². The number of carboxylic acid groups (broad SMARTS) is 2. The molecule has 0 spiro atoms. The monoisotopic (exact) mass is 570 g/mol. The van der Waals surface area contributed by atoms with Gasteiger partial charge in [0.1, 0.15) is 30.2 Å². The van der Waals surface area contributed by atoms with E-state index in [2.05, 4.69) is 5.32 Å². The van der Waals surface area contributed by atoms with Gasteiger partial charge in [0.2, 0.25) is 5.43 Å². The molecule has 1 unspecified atom stereocenters. The molecule has 1 aliphatic heterocycles. The molecule has 5 N–H and O–H groups in total. The summed E-state index contributed by atoms with van der Waals surface area (Å²) in [5, 5.41) is 41.2. The molecule has 1 atom stereocenters. The van der Waals surface area contributed by atoms with E-state index in [0.717, 1.165) is 29.2 Å². The van der Waals surface area contributed by atoms with Gasteiger partial charge < -0.3 is 35.1 Å². The van der Waals surface area contributed by atoms with E-state index < -0.39 is 60.5 Å². The van der Waals surface area contributed by atoms with Gasteiger partial charge in [0, 0.05) is 40.9 Å². The van der Waals surface area contributed by atoms with Crippen LogP contribution in [0.15, 0.2) is 51.7 Å². The van der Waals surface area contributed by atoms with Crippen molar-refractivity contribution in [3.8, 4) is 28.2 Å². The van der Waals surface area contributed by atoms with Gasteiger partial charge in [0.15, 0.2) is 17.4 Å². The first kappa shape index (κ1) is 29.1. The molecule has 13 heteroatoms. The highest BCUT2D eigenvalue weighted by atomic mass is 19.1. The van der Waals surface area contributed by atoms with Crippen molar-refractivity contribution < 1.29 is 48.0 Å². The number of phenolic OH excluding ortho intramolecular Hbond substituents is 1. The molecule has 2 aliphatic rings. The number of carboxylic acids is 2. The fourth-order valence-electron chi connectivity index (χ4n) is 4.53. The highest BCUT2D eigenvalue weighted by Crippen LogP contribution is 2.42. The Morgan fingerprint density at radius 1 is 1.00 bits per heavy atom. The van der Waals surface area contributed by atoms with Crippen LogP contribution in [-0.2, 0) is 20.9 Å². The van der Waals surface area contributed by atoms with Gasteiger partial charge in [-0.3, -0.25) is 19.2 Å². The summed E-state index contributed by atoms with van der Waals surface area (Å²) >= 11 is 0. The lowest BCUT2D eigenvalue weighted by molar-refractivity contribution is -0.136. The van der Waals surface area contributed by atoms with Gasteiger partial charge in [-0.15, -0.1) is 0 Å². The van der Waals surface area contributed by atoms with E-state index in [1.54, 1.807) is 0 Å². The van der Waals surface area contributed by atoms with E-state index in [1.807, 2.05) is 0 Å². The Hall–Kier alpha value is -4.88. The fraction of sp³-hybridized carbons (Fsp3) is 0.214. The standard InChI is InChI=1S/C28H24F2N2O9/c1-13(34)20(12-33)31-9-15-4-14(2-3-21(15)32(10-26(37)38)11-27(39)40)28-16-5-18(29)22(35)7-24(16)41-25-8-23(36)19(30)6-17(25)28/h2-8,20,31,33,35H,9-12H2,1H3,(H,37,38)(H,39,40). The molecule has 2 aromatic rings.